The molecular weight excluding hydrogens is 641 g/mol. The van der Waals surface area contributed by atoms with Gasteiger partial charge in [0.2, 0.25) is 11.5 Å². The molecule has 6 rings (SSSR count). The van der Waals surface area contributed by atoms with Crippen LogP contribution in [-0.4, -0.2) is 58.5 Å². The van der Waals surface area contributed by atoms with E-state index in [1.807, 2.05) is 42.5 Å². The van der Waals surface area contributed by atoms with E-state index in [2.05, 4.69) is 10.3 Å². The summed E-state index contributed by atoms with van der Waals surface area (Å²) in [6, 6.07) is 22.9. The van der Waals surface area contributed by atoms with Gasteiger partial charge in [-0.05, 0) is 65.7 Å². The molecule has 2 N–H and O–H groups in total. The number of pyridine rings is 1. The zero-order valence-corrected chi connectivity index (χ0v) is 28.5. The highest BCUT2D eigenvalue weighted by Crippen LogP contribution is 2.43. The van der Waals surface area contributed by atoms with Gasteiger partial charge in [0.1, 0.15) is 5.82 Å². The molecule has 2 aromatic heterocycles. The SMILES string of the molecule is COc1cc(/C(=C\c2cccc(F)c2)C(=O)NCc2cc3c([nH]c4ccccc43)c(-c3cc(OC)c(OC)c(OC)c3)n2)cc(OC)c1OC. The van der Waals surface area contributed by atoms with Gasteiger partial charge in [0.15, 0.2) is 23.0 Å². The smallest absolute Gasteiger partial charge is 0.252 e. The largest absolute Gasteiger partial charge is 0.493 e. The Balaban J connectivity index is 1.45. The predicted octanol–water partition coefficient (Wildman–Crippen LogP) is 7.43. The van der Waals surface area contributed by atoms with Gasteiger partial charge in [-0.2, -0.15) is 0 Å². The number of hydrogen-bond acceptors (Lipinski definition) is 8. The lowest BCUT2D eigenvalue weighted by molar-refractivity contribution is -0.115. The van der Waals surface area contributed by atoms with Crippen LogP contribution >= 0.6 is 0 Å². The number of carbonyl (C=O) groups excluding carboxylic acids is 1. The first-order valence-corrected chi connectivity index (χ1v) is 15.6. The third kappa shape index (κ3) is 6.45. The van der Waals surface area contributed by atoms with Gasteiger partial charge in [-0.15, -0.1) is 0 Å². The van der Waals surface area contributed by atoms with Crippen LogP contribution in [0.3, 0.4) is 0 Å². The van der Waals surface area contributed by atoms with Crippen LogP contribution in [0.2, 0.25) is 0 Å². The predicted molar refractivity (Wildman–Crippen MR) is 191 cm³/mol. The minimum atomic E-state index is -0.432. The lowest BCUT2D eigenvalue weighted by Gasteiger charge is -2.16. The molecule has 256 valence electrons. The summed E-state index contributed by atoms with van der Waals surface area (Å²) < 4.78 is 47.7. The zero-order valence-electron chi connectivity index (χ0n) is 28.5. The highest BCUT2D eigenvalue weighted by atomic mass is 19.1. The van der Waals surface area contributed by atoms with Crippen molar-refractivity contribution in [3.8, 4) is 45.8 Å². The first-order valence-electron chi connectivity index (χ1n) is 15.6. The summed E-state index contributed by atoms with van der Waals surface area (Å²) in [6.07, 6.45) is 1.61. The van der Waals surface area contributed by atoms with E-state index in [1.165, 1.54) is 33.5 Å². The maximum absolute atomic E-state index is 14.2. The number of hydrogen-bond donors (Lipinski definition) is 2. The molecule has 50 heavy (non-hydrogen) atoms. The molecule has 0 fully saturated rings. The molecule has 0 aliphatic carbocycles. The second-order valence-electron chi connectivity index (χ2n) is 11.2. The standard InChI is InChI=1S/C39H36FN3O7/c1-45-31-16-23(17-32(46-2)37(31)49-5)28(15-22-10-9-11-25(40)14-22)39(44)41-21-26-20-29-27-12-7-8-13-30(27)43-36(29)35(42-26)24-18-33(47-3)38(50-6)34(19-24)48-4/h7-20,43H,21H2,1-6H3,(H,41,44)/b28-15+. The Bertz CT molecular complexity index is 2200. The van der Waals surface area contributed by atoms with Crippen LogP contribution in [0, 0.1) is 5.82 Å². The van der Waals surface area contributed by atoms with Crippen LogP contribution in [0.5, 0.6) is 34.5 Å². The number of aromatic nitrogens is 2. The van der Waals surface area contributed by atoms with Crippen molar-refractivity contribution in [1.82, 2.24) is 15.3 Å². The first-order chi connectivity index (χ1) is 24.3. The van der Waals surface area contributed by atoms with Crippen molar-refractivity contribution >= 4 is 39.4 Å². The third-order valence-electron chi connectivity index (χ3n) is 8.30. The van der Waals surface area contributed by atoms with Crippen LogP contribution < -0.4 is 33.7 Å². The number of nitrogens with one attached hydrogen (secondary N) is 2. The van der Waals surface area contributed by atoms with Gasteiger partial charge in [0, 0.05) is 27.4 Å². The second kappa shape index (κ2) is 14.5. The molecule has 0 spiro atoms. The quantitative estimate of drug-likeness (QED) is 0.102. The van der Waals surface area contributed by atoms with Gasteiger partial charge in [-0.1, -0.05) is 30.3 Å². The Kier molecular flexibility index (Phi) is 9.75. The lowest BCUT2D eigenvalue weighted by atomic mass is 10.0. The number of benzene rings is 4. The Labute approximate surface area is 288 Å². The molecule has 1 amide bonds. The summed E-state index contributed by atoms with van der Waals surface area (Å²) in [6.45, 7) is 0.0661. The fourth-order valence-electron chi connectivity index (χ4n) is 5.96. The van der Waals surface area contributed by atoms with Crippen LogP contribution in [0.15, 0.2) is 78.9 Å². The van der Waals surface area contributed by atoms with E-state index < -0.39 is 11.7 Å². The van der Waals surface area contributed by atoms with Crippen molar-refractivity contribution in [3.63, 3.8) is 0 Å². The van der Waals surface area contributed by atoms with E-state index >= 15 is 0 Å². The number of ether oxygens (including phenoxy) is 6. The molecule has 10 nitrogen and oxygen atoms in total. The number of H-pyrrole nitrogens is 1. The van der Waals surface area contributed by atoms with Gasteiger partial charge >= 0.3 is 0 Å². The number of carbonyl (C=O) groups is 1. The summed E-state index contributed by atoms with van der Waals surface area (Å²) in [5.41, 5.74) is 4.88. The van der Waals surface area contributed by atoms with E-state index in [0.717, 1.165) is 21.8 Å². The van der Waals surface area contributed by atoms with Crippen molar-refractivity contribution < 1.29 is 37.6 Å². The monoisotopic (exact) mass is 677 g/mol. The van der Waals surface area contributed by atoms with E-state index in [0.29, 0.717) is 62.6 Å². The molecule has 11 heteroatoms. The number of amides is 1. The van der Waals surface area contributed by atoms with Crippen molar-refractivity contribution in [3.05, 3.63) is 102 Å². The Morgan fingerprint density at radius 1 is 0.740 bits per heavy atom. The average Bonchev–Trinajstić information content (AvgIpc) is 3.53. The van der Waals surface area contributed by atoms with Crippen LogP contribution in [-0.2, 0) is 11.3 Å². The van der Waals surface area contributed by atoms with Gasteiger partial charge in [0.25, 0.3) is 5.91 Å². The molecule has 0 unspecified atom stereocenters. The topological polar surface area (TPSA) is 113 Å². The number of halogens is 1. The Morgan fingerprint density at radius 3 is 1.96 bits per heavy atom. The average molecular weight is 678 g/mol. The molecule has 0 saturated carbocycles. The zero-order chi connectivity index (χ0) is 35.4. The molecule has 0 radical (unpaired) electrons. The first kappa shape index (κ1) is 33.7. The van der Waals surface area contributed by atoms with E-state index in [1.54, 1.807) is 51.7 Å². The van der Waals surface area contributed by atoms with E-state index in [4.69, 9.17) is 33.4 Å². The maximum atomic E-state index is 14.2. The number of methoxy groups -OCH3 is 6. The molecule has 0 saturated heterocycles. The maximum Gasteiger partial charge on any atom is 0.252 e. The minimum Gasteiger partial charge on any atom is -0.493 e. The van der Waals surface area contributed by atoms with Crippen LogP contribution in [0.25, 0.3) is 44.7 Å². The summed E-state index contributed by atoms with van der Waals surface area (Å²) >= 11 is 0. The van der Waals surface area contributed by atoms with E-state index in [9.17, 15) is 9.18 Å². The van der Waals surface area contributed by atoms with Gasteiger partial charge in [-0.25, -0.2) is 9.37 Å². The molecule has 6 aromatic rings. The molecule has 0 aliphatic heterocycles. The Hall–Kier alpha value is -6.23. The summed E-state index contributed by atoms with van der Waals surface area (Å²) in [5, 5.41) is 4.94. The normalized spacial score (nSPS) is 11.4. The van der Waals surface area contributed by atoms with Gasteiger partial charge < -0.3 is 38.7 Å². The van der Waals surface area contributed by atoms with E-state index in [-0.39, 0.29) is 12.1 Å². The molecule has 0 atom stereocenters. The highest BCUT2D eigenvalue weighted by Gasteiger charge is 2.22. The number of fused-ring (bicyclic) bond motifs is 3. The fourth-order valence-corrected chi connectivity index (χ4v) is 5.96. The van der Waals surface area contributed by atoms with Crippen LogP contribution in [0.1, 0.15) is 16.8 Å². The van der Waals surface area contributed by atoms with Crippen molar-refractivity contribution in [2.75, 3.05) is 42.7 Å². The summed E-state index contributed by atoms with van der Waals surface area (Å²) in [7, 11) is 9.15. The molecule has 4 aromatic carbocycles. The van der Waals surface area contributed by atoms with Crippen molar-refractivity contribution in [2.45, 2.75) is 6.54 Å². The Morgan fingerprint density at radius 2 is 1.36 bits per heavy atom. The summed E-state index contributed by atoms with van der Waals surface area (Å²) in [4.78, 5) is 22.6. The second-order valence-corrected chi connectivity index (χ2v) is 11.2. The molecule has 0 bridgehead atoms. The molecular formula is C39H36FN3O7. The number of para-hydroxylation sites is 1. The van der Waals surface area contributed by atoms with Gasteiger partial charge in [-0.3, -0.25) is 4.79 Å². The van der Waals surface area contributed by atoms with Gasteiger partial charge in [0.05, 0.1) is 66.1 Å². The number of aromatic amines is 1. The third-order valence-corrected chi connectivity index (χ3v) is 8.30. The van der Waals surface area contributed by atoms with Crippen molar-refractivity contribution in [2.24, 2.45) is 0 Å². The number of nitrogens with zero attached hydrogens (tertiary/aromatic N) is 1. The highest BCUT2D eigenvalue weighted by molar-refractivity contribution is 6.24. The molecule has 2 heterocycles. The molecule has 0 aliphatic rings. The minimum absolute atomic E-state index is 0.0661. The van der Waals surface area contributed by atoms with Crippen LogP contribution in [0.4, 0.5) is 4.39 Å². The fraction of sp³-hybridized carbons (Fsp3) is 0.179. The summed E-state index contributed by atoms with van der Waals surface area (Å²) in [5.74, 6) is 1.65. The lowest BCUT2D eigenvalue weighted by Crippen LogP contribution is -2.24. The number of rotatable bonds is 12. The van der Waals surface area contributed by atoms with Crippen molar-refractivity contribution in [1.29, 1.82) is 0 Å².